The molecule has 3 aromatic rings. The number of ether oxygens (including phenoxy) is 1. The number of carbonyl (C=O) groups excluding carboxylic acids is 3. The van der Waals surface area contributed by atoms with Gasteiger partial charge in [-0.1, -0.05) is 29.8 Å². The van der Waals surface area contributed by atoms with E-state index in [1.165, 1.54) is 12.3 Å². The number of nitrogens with one attached hydrogen (secondary N) is 2. The molecule has 8 nitrogen and oxygen atoms in total. The van der Waals surface area contributed by atoms with E-state index in [0.717, 1.165) is 0 Å². The van der Waals surface area contributed by atoms with Gasteiger partial charge >= 0.3 is 17.8 Å². The van der Waals surface area contributed by atoms with Crippen LogP contribution in [0.5, 0.6) is 5.75 Å². The van der Waals surface area contributed by atoms with Crippen LogP contribution in [-0.4, -0.2) is 23.5 Å². The van der Waals surface area contributed by atoms with Gasteiger partial charge in [0.1, 0.15) is 5.75 Å². The number of hydrazone groups is 1. The molecule has 0 aliphatic heterocycles. The Balaban J connectivity index is 1.69. The maximum atomic E-state index is 12.2. The Morgan fingerprint density at radius 2 is 1.77 bits per heavy atom. The molecule has 9 heteroatoms. The minimum atomic E-state index is -0.969. The standard InChI is InChI=1S/C22H18ClN3O5/c1-13-16(23)8-5-9-17(13)24-20(27)21(28)26-25-14(2)15-7-3-4-10-18(15)31-22(29)19-11-6-12-30-19/h3-12H,1-2H3,(H,24,27)(H,26,28)/b25-14+. The van der Waals surface area contributed by atoms with Crippen LogP contribution < -0.4 is 15.5 Å². The van der Waals surface area contributed by atoms with Crippen LogP contribution in [0.25, 0.3) is 0 Å². The summed E-state index contributed by atoms with van der Waals surface area (Å²) in [5.74, 6) is -2.28. The maximum Gasteiger partial charge on any atom is 0.379 e. The Morgan fingerprint density at radius 1 is 1.00 bits per heavy atom. The molecule has 1 aromatic heterocycles. The van der Waals surface area contributed by atoms with Crippen molar-refractivity contribution in [2.24, 2.45) is 5.10 Å². The maximum absolute atomic E-state index is 12.2. The summed E-state index contributed by atoms with van der Waals surface area (Å²) in [5, 5.41) is 6.89. The highest BCUT2D eigenvalue weighted by Crippen LogP contribution is 2.23. The van der Waals surface area contributed by atoms with E-state index in [1.807, 2.05) is 0 Å². The van der Waals surface area contributed by atoms with Gasteiger partial charge in [0, 0.05) is 16.3 Å². The van der Waals surface area contributed by atoms with Crippen molar-refractivity contribution in [3.63, 3.8) is 0 Å². The van der Waals surface area contributed by atoms with Crippen molar-refractivity contribution in [2.75, 3.05) is 5.32 Å². The number of furan rings is 1. The molecule has 31 heavy (non-hydrogen) atoms. The molecule has 0 spiro atoms. The molecule has 1 heterocycles. The predicted molar refractivity (Wildman–Crippen MR) is 115 cm³/mol. The van der Waals surface area contributed by atoms with E-state index in [9.17, 15) is 14.4 Å². The fourth-order valence-electron chi connectivity index (χ4n) is 2.57. The SMILES string of the molecule is C/C(=N\NC(=O)C(=O)Nc1cccc(Cl)c1C)c1ccccc1OC(=O)c1ccco1. The monoisotopic (exact) mass is 439 g/mol. The highest BCUT2D eigenvalue weighted by atomic mass is 35.5. The molecule has 2 aromatic carbocycles. The van der Waals surface area contributed by atoms with Gasteiger partial charge in [-0.25, -0.2) is 10.2 Å². The van der Waals surface area contributed by atoms with Gasteiger partial charge in [-0.3, -0.25) is 9.59 Å². The summed E-state index contributed by atoms with van der Waals surface area (Å²) in [6, 6.07) is 14.6. The Kier molecular flexibility index (Phi) is 6.84. The molecule has 0 aliphatic rings. The van der Waals surface area contributed by atoms with Gasteiger partial charge < -0.3 is 14.5 Å². The lowest BCUT2D eigenvalue weighted by atomic mass is 10.1. The van der Waals surface area contributed by atoms with Crippen molar-refractivity contribution < 1.29 is 23.5 Å². The molecule has 3 rings (SSSR count). The van der Waals surface area contributed by atoms with Crippen molar-refractivity contribution in [1.82, 2.24) is 5.43 Å². The zero-order valence-corrected chi connectivity index (χ0v) is 17.4. The van der Waals surface area contributed by atoms with E-state index < -0.39 is 17.8 Å². The molecule has 2 N–H and O–H groups in total. The first-order chi connectivity index (χ1) is 14.9. The highest BCUT2D eigenvalue weighted by molar-refractivity contribution is 6.40. The van der Waals surface area contributed by atoms with Gasteiger partial charge in [-0.2, -0.15) is 5.10 Å². The summed E-state index contributed by atoms with van der Waals surface area (Å²) in [6.45, 7) is 3.32. The van der Waals surface area contributed by atoms with Crippen LogP contribution in [0.15, 0.2) is 70.4 Å². The van der Waals surface area contributed by atoms with E-state index >= 15 is 0 Å². The topological polar surface area (TPSA) is 110 Å². The normalized spacial score (nSPS) is 11.0. The molecule has 0 saturated carbocycles. The average molecular weight is 440 g/mol. The molecule has 0 aliphatic carbocycles. The Labute approximate surface area is 182 Å². The number of hydrogen-bond donors (Lipinski definition) is 2. The number of halogens is 1. The molecule has 0 radical (unpaired) electrons. The van der Waals surface area contributed by atoms with E-state index in [1.54, 1.807) is 62.4 Å². The number of benzene rings is 2. The van der Waals surface area contributed by atoms with Crippen molar-refractivity contribution in [3.05, 3.63) is 82.8 Å². The molecular formula is C22H18ClN3O5. The van der Waals surface area contributed by atoms with Gasteiger partial charge in [-0.05, 0) is 55.8 Å². The van der Waals surface area contributed by atoms with Crippen molar-refractivity contribution in [1.29, 1.82) is 0 Å². The van der Waals surface area contributed by atoms with Crippen LogP contribution in [0.2, 0.25) is 5.02 Å². The van der Waals surface area contributed by atoms with Crippen LogP contribution >= 0.6 is 11.6 Å². The fraction of sp³-hybridized carbons (Fsp3) is 0.0909. The second kappa shape index (κ2) is 9.73. The van der Waals surface area contributed by atoms with Crippen LogP contribution in [0.1, 0.15) is 28.6 Å². The van der Waals surface area contributed by atoms with E-state index in [2.05, 4.69) is 15.8 Å². The van der Waals surface area contributed by atoms with E-state index in [-0.39, 0.29) is 11.5 Å². The first-order valence-electron chi connectivity index (χ1n) is 9.12. The lowest BCUT2D eigenvalue weighted by Gasteiger charge is -2.10. The quantitative estimate of drug-likeness (QED) is 0.206. The van der Waals surface area contributed by atoms with Crippen molar-refractivity contribution in [3.8, 4) is 5.75 Å². The Morgan fingerprint density at radius 3 is 2.52 bits per heavy atom. The van der Waals surface area contributed by atoms with Gasteiger partial charge in [0.15, 0.2) is 0 Å². The Bertz CT molecular complexity index is 1160. The van der Waals surface area contributed by atoms with Gasteiger partial charge in [-0.15, -0.1) is 0 Å². The summed E-state index contributed by atoms with van der Waals surface area (Å²) in [7, 11) is 0. The second-order valence-electron chi connectivity index (χ2n) is 6.37. The predicted octanol–water partition coefficient (Wildman–Crippen LogP) is 3.94. The molecular weight excluding hydrogens is 422 g/mol. The molecule has 158 valence electrons. The van der Waals surface area contributed by atoms with Crippen molar-refractivity contribution in [2.45, 2.75) is 13.8 Å². The van der Waals surface area contributed by atoms with Crippen molar-refractivity contribution >= 4 is 40.8 Å². The number of esters is 1. The zero-order chi connectivity index (χ0) is 22.4. The third-order valence-electron chi connectivity index (χ3n) is 4.25. The summed E-state index contributed by atoms with van der Waals surface area (Å²) >= 11 is 6.02. The molecule has 0 saturated heterocycles. The van der Waals surface area contributed by atoms with Crippen LogP contribution in [0.4, 0.5) is 5.69 Å². The summed E-state index contributed by atoms with van der Waals surface area (Å²) in [4.78, 5) is 36.4. The van der Waals surface area contributed by atoms with E-state index in [0.29, 0.717) is 27.5 Å². The molecule has 0 bridgehead atoms. The van der Waals surface area contributed by atoms with Crippen LogP contribution in [-0.2, 0) is 9.59 Å². The summed E-state index contributed by atoms with van der Waals surface area (Å²) in [5.41, 5.74) is 4.02. The van der Waals surface area contributed by atoms with Crippen LogP contribution in [0, 0.1) is 6.92 Å². The van der Waals surface area contributed by atoms with E-state index in [4.69, 9.17) is 20.8 Å². The number of rotatable bonds is 5. The Hall–Kier alpha value is -3.91. The second-order valence-corrected chi connectivity index (χ2v) is 6.77. The smallest absolute Gasteiger partial charge is 0.379 e. The first kappa shape index (κ1) is 21.8. The minimum Gasteiger partial charge on any atom is -0.457 e. The number of nitrogens with zero attached hydrogens (tertiary/aromatic N) is 1. The minimum absolute atomic E-state index is 0.0469. The zero-order valence-electron chi connectivity index (χ0n) is 16.6. The third kappa shape index (κ3) is 5.37. The van der Waals surface area contributed by atoms with Gasteiger partial charge in [0.25, 0.3) is 0 Å². The van der Waals surface area contributed by atoms with Gasteiger partial charge in [0.05, 0.1) is 12.0 Å². The number of amides is 2. The molecule has 0 fully saturated rings. The first-order valence-corrected chi connectivity index (χ1v) is 9.50. The fourth-order valence-corrected chi connectivity index (χ4v) is 2.74. The summed E-state index contributed by atoms with van der Waals surface area (Å²) in [6.07, 6.45) is 1.36. The number of anilines is 1. The third-order valence-corrected chi connectivity index (χ3v) is 4.66. The molecule has 0 unspecified atom stereocenters. The lowest BCUT2D eigenvalue weighted by molar-refractivity contribution is -0.136. The van der Waals surface area contributed by atoms with Gasteiger partial charge in [0.2, 0.25) is 5.76 Å². The number of para-hydroxylation sites is 1. The highest BCUT2D eigenvalue weighted by Gasteiger charge is 2.17. The summed E-state index contributed by atoms with van der Waals surface area (Å²) < 4.78 is 10.4. The number of hydrogen-bond acceptors (Lipinski definition) is 6. The number of carbonyl (C=O) groups is 3. The molecule has 0 atom stereocenters. The van der Waals surface area contributed by atoms with Crippen LogP contribution in [0.3, 0.4) is 0 Å². The lowest BCUT2D eigenvalue weighted by Crippen LogP contribution is -2.33. The molecule has 2 amide bonds. The average Bonchev–Trinajstić information content (AvgIpc) is 3.30. The largest absolute Gasteiger partial charge is 0.457 e.